The molecule has 3 N–H and O–H groups in total. The molecule has 0 amide bonds. The predicted octanol–water partition coefficient (Wildman–Crippen LogP) is 2.77. The van der Waals surface area contributed by atoms with Crippen LogP contribution < -0.4 is 11.3 Å². The average Bonchev–Trinajstić information content (AvgIpc) is 2.89. The lowest BCUT2D eigenvalue weighted by Gasteiger charge is -2.34. The van der Waals surface area contributed by atoms with Gasteiger partial charge in [-0.1, -0.05) is 26.0 Å². The van der Waals surface area contributed by atoms with E-state index in [0.717, 1.165) is 11.3 Å². The van der Waals surface area contributed by atoms with Crippen molar-refractivity contribution in [3.8, 4) is 0 Å². The van der Waals surface area contributed by atoms with E-state index in [0.29, 0.717) is 6.42 Å². The minimum atomic E-state index is -0.241. The van der Waals surface area contributed by atoms with Crippen molar-refractivity contribution < 1.29 is 8.81 Å². The van der Waals surface area contributed by atoms with Gasteiger partial charge >= 0.3 is 0 Å². The van der Waals surface area contributed by atoms with Crippen molar-refractivity contribution in [2.24, 2.45) is 5.84 Å². The molecule has 2 rings (SSSR count). The van der Waals surface area contributed by atoms with Crippen LogP contribution in [0, 0.1) is 5.82 Å². The van der Waals surface area contributed by atoms with Gasteiger partial charge in [0.15, 0.2) is 0 Å². The highest BCUT2D eigenvalue weighted by Crippen LogP contribution is 2.29. The fourth-order valence-electron chi connectivity index (χ4n) is 2.23. The number of nitrogens with one attached hydrogen (secondary N) is 1. The van der Waals surface area contributed by atoms with Crippen LogP contribution in [0.5, 0.6) is 0 Å². The van der Waals surface area contributed by atoms with Gasteiger partial charge in [0.2, 0.25) is 0 Å². The highest BCUT2D eigenvalue weighted by molar-refractivity contribution is 5.27. The van der Waals surface area contributed by atoms with Crippen LogP contribution in [0.4, 0.5) is 4.39 Å². The SMILES string of the molecule is CC(C)(c1ccc(F)cc1)C(Cc1ccco1)NN. The number of nitrogens with two attached hydrogens (primary N) is 1. The molecule has 102 valence electrons. The molecule has 1 aromatic carbocycles. The fraction of sp³-hybridized carbons (Fsp3) is 0.333. The molecule has 0 aliphatic rings. The molecule has 0 radical (unpaired) electrons. The standard InChI is InChI=1S/C15H19FN2O/c1-15(2,11-5-7-12(16)8-6-11)14(18-17)10-13-4-3-9-19-13/h3-9,14,18H,10,17H2,1-2H3. The summed E-state index contributed by atoms with van der Waals surface area (Å²) in [5.74, 6) is 6.32. The number of hydrogen-bond acceptors (Lipinski definition) is 3. The van der Waals surface area contributed by atoms with E-state index in [9.17, 15) is 4.39 Å². The van der Waals surface area contributed by atoms with E-state index in [4.69, 9.17) is 10.3 Å². The van der Waals surface area contributed by atoms with E-state index >= 15 is 0 Å². The summed E-state index contributed by atoms with van der Waals surface area (Å²) < 4.78 is 18.4. The van der Waals surface area contributed by atoms with Crippen LogP contribution in [0.2, 0.25) is 0 Å². The zero-order valence-corrected chi connectivity index (χ0v) is 11.2. The van der Waals surface area contributed by atoms with Crippen molar-refractivity contribution in [3.63, 3.8) is 0 Å². The van der Waals surface area contributed by atoms with Gasteiger partial charge in [-0.3, -0.25) is 11.3 Å². The third-order valence-electron chi connectivity index (χ3n) is 3.65. The van der Waals surface area contributed by atoms with Crippen molar-refractivity contribution in [1.29, 1.82) is 0 Å². The van der Waals surface area contributed by atoms with Gasteiger partial charge in [-0.2, -0.15) is 0 Å². The van der Waals surface area contributed by atoms with Gasteiger partial charge < -0.3 is 4.42 Å². The Morgan fingerprint density at radius 3 is 2.47 bits per heavy atom. The monoisotopic (exact) mass is 262 g/mol. The van der Waals surface area contributed by atoms with Crippen LogP contribution in [-0.2, 0) is 11.8 Å². The number of halogens is 1. The summed E-state index contributed by atoms with van der Waals surface area (Å²) in [6.07, 6.45) is 2.32. The second-order valence-corrected chi connectivity index (χ2v) is 5.23. The summed E-state index contributed by atoms with van der Waals surface area (Å²) in [5, 5.41) is 0. The lowest BCUT2D eigenvalue weighted by molar-refractivity contribution is 0.322. The van der Waals surface area contributed by atoms with E-state index in [1.807, 2.05) is 12.1 Å². The highest BCUT2D eigenvalue weighted by Gasteiger charge is 2.31. The minimum absolute atomic E-state index is 0.0101. The molecule has 0 spiro atoms. The van der Waals surface area contributed by atoms with Crippen molar-refractivity contribution >= 4 is 0 Å². The van der Waals surface area contributed by atoms with Gasteiger partial charge in [0.05, 0.1) is 6.26 Å². The van der Waals surface area contributed by atoms with Gasteiger partial charge in [0.1, 0.15) is 11.6 Å². The zero-order valence-electron chi connectivity index (χ0n) is 11.2. The van der Waals surface area contributed by atoms with E-state index in [2.05, 4.69) is 19.3 Å². The van der Waals surface area contributed by atoms with Crippen LogP contribution in [0.25, 0.3) is 0 Å². The zero-order chi connectivity index (χ0) is 13.9. The topological polar surface area (TPSA) is 51.2 Å². The summed E-state index contributed by atoms with van der Waals surface area (Å²) >= 11 is 0. The molecule has 3 nitrogen and oxygen atoms in total. The molecular weight excluding hydrogens is 243 g/mol. The summed E-state index contributed by atoms with van der Waals surface area (Å²) in [6, 6.07) is 10.3. The quantitative estimate of drug-likeness (QED) is 0.643. The number of furan rings is 1. The molecule has 1 atom stereocenters. The summed E-state index contributed by atoms with van der Waals surface area (Å²) in [7, 11) is 0. The average molecular weight is 262 g/mol. The third-order valence-corrected chi connectivity index (χ3v) is 3.65. The second kappa shape index (κ2) is 5.55. The summed E-state index contributed by atoms with van der Waals surface area (Å²) in [5.41, 5.74) is 3.63. The van der Waals surface area contributed by atoms with Crippen LogP contribution in [0.1, 0.15) is 25.2 Å². The molecule has 0 aliphatic heterocycles. The van der Waals surface area contributed by atoms with Crippen LogP contribution in [0.15, 0.2) is 47.1 Å². The molecule has 0 saturated carbocycles. The van der Waals surface area contributed by atoms with Crippen LogP contribution >= 0.6 is 0 Å². The van der Waals surface area contributed by atoms with E-state index in [1.54, 1.807) is 18.4 Å². The Morgan fingerprint density at radius 2 is 1.95 bits per heavy atom. The first-order chi connectivity index (χ1) is 9.04. The van der Waals surface area contributed by atoms with Crippen molar-refractivity contribution in [2.45, 2.75) is 31.7 Å². The van der Waals surface area contributed by atoms with Gasteiger partial charge in [-0.25, -0.2) is 4.39 Å². The first-order valence-corrected chi connectivity index (χ1v) is 6.28. The van der Waals surface area contributed by atoms with E-state index in [-0.39, 0.29) is 17.3 Å². The summed E-state index contributed by atoms with van der Waals surface area (Å²) in [4.78, 5) is 0. The van der Waals surface area contributed by atoms with Crippen molar-refractivity contribution in [2.75, 3.05) is 0 Å². The number of hydrogen-bond donors (Lipinski definition) is 2. The van der Waals surface area contributed by atoms with Crippen LogP contribution in [-0.4, -0.2) is 6.04 Å². The molecule has 2 aromatic rings. The molecule has 0 saturated heterocycles. The maximum atomic E-state index is 13.0. The minimum Gasteiger partial charge on any atom is -0.469 e. The Bertz CT molecular complexity index is 505. The Hall–Kier alpha value is -1.65. The first-order valence-electron chi connectivity index (χ1n) is 6.28. The Balaban J connectivity index is 2.22. The molecule has 1 unspecified atom stereocenters. The smallest absolute Gasteiger partial charge is 0.123 e. The molecule has 0 fully saturated rings. The molecule has 0 bridgehead atoms. The lowest BCUT2D eigenvalue weighted by atomic mass is 9.76. The normalized spacial score (nSPS) is 13.5. The molecule has 4 heteroatoms. The third kappa shape index (κ3) is 3.03. The molecule has 19 heavy (non-hydrogen) atoms. The molecule has 0 aliphatic carbocycles. The molecule has 1 heterocycles. The predicted molar refractivity (Wildman–Crippen MR) is 72.9 cm³/mol. The van der Waals surface area contributed by atoms with Crippen molar-refractivity contribution in [3.05, 3.63) is 59.8 Å². The lowest BCUT2D eigenvalue weighted by Crippen LogP contribution is -2.49. The Morgan fingerprint density at radius 1 is 1.26 bits per heavy atom. The molecule has 1 aromatic heterocycles. The van der Waals surface area contributed by atoms with Gasteiger partial charge in [-0.15, -0.1) is 0 Å². The Labute approximate surface area is 112 Å². The number of hydrazine groups is 1. The number of rotatable bonds is 5. The summed E-state index contributed by atoms with van der Waals surface area (Å²) in [6.45, 7) is 4.15. The maximum absolute atomic E-state index is 13.0. The number of benzene rings is 1. The largest absolute Gasteiger partial charge is 0.469 e. The first kappa shape index (κ1) is 13.8. The van der Waals surface area contributed by atoms with Gasteiger partial charge in [0.25, 0.3) is 0 Å². The van der Waals surface area contributed by atoms with Gasteiger partial charge in [0, 0.05) is 17.9 Å². The Kier molecular flexibility index (Phi) is 4.02. The maximum Gasteiger partial charge on any atom is 0.123 e. The molecular formula is C15H19FN2O. The van der Waals surface area contributed by atoms with E-state index < -0.39 is 0 Å². The fourth-order valence-corrected chi connectivity index (χ4v) is 2.23. The van der Waals surface area contributed by atoms with Crippen LogP contribution in [0.3, 0.4) is 0 Å². The van der Waals surface area contributed by atoms with Crippen molar-refractivity contribution in [1.82, 2.24) is 5.43 Å². The second-order valence-electron chi connectivity index (χ2n) is 5.23. The van der Waals surface area contributed by atoms with Gasteiger partial charge in [-0.05, 0) is 29.8 Å². The van der Waals surface area contributed by atoms with E-state index in [1.165, 1.54) is 12.1 Å². The highest BCUT2D eigenvalue weighted by atomic mass is 19.1.